The van der Waals surface area contributed by atoms with Gasteiger partial charge in [0, 0.05) is 18.6 Å². The van der Waals surface area contributed by atoms with E-state index in [9.17, 15) is 19.5 Å². The summed E-state index contributed by atoms with van der Waals surface area (Å²) in [5.74, 6) is -1.59. The van der Waals surface area contributed by atoms with E-state index in [1.807, 2.05) is 6.92 Å². The molecule has 4 rings (SSSR count). The normalized spacial score (nSPS) is 19.6. The highest BCUT2D eigenvalue weighted by molar-refractivity contribution is 8.01. The summed E-state index contributed by atoms with van der Waals surface area (Å²) in [5, 5.41) is 27.5. The zero-order chi connectivity index (χ0) is 25.8. The fraction of sp³-hybridized carbons (Fsp3) is 0.400. The highest BCUT2D eigenvalue weighted by atomic mass is 32.2. The Hall–Kier alpha value is -3.66. The van der Waals surface area contributed by atoms with Gasteiger partial charge in [-0.25, -0.2) is 14.5 Å². The largest absolute Gasteiger partial charge is 0.477 e. The molecule has 4 N–H and O–H groups in total. The summed E-state index contributed by atoms with van der Waals surface area (Å²) < 4.78 is 1.48. The lowest BCUT2D eigenvalue weighted by Gasteiger charge is -2.49. The molecule has 2 atom stereocenters. The number of hydrogen-bond donors (Lipinski definition) is 3. The van der Waals surface area contributed by atoms with Crippen LogP contribution in [0.25, 0.3) is 0 Å². The Bertz CT molecular complexity index is 1250. The third kappa shape index (κ3) is 5.13. The Kier molecular flexibility index (Phi) is 7.73. The Morgan fingerprint density at radius 1 is 1.42 bits per heavy atom. The molecule has 2 aromatic heterocycles. The SMILES string of the molecule is CCCO/N=C(/C(=O)NC1C(=O)N2C(C(=O)O)=C(CSc3nnnn3C)CSC12)c1cccc(N)n1. The van der Waals surface area contributed by atoms with Crippen LogP contribution in [-0.2, 0) is 26.3 Å². The van der Waals surface area contributed by atoms with Gasteiger partial charge in [-0.1, -0.05) is 29.9 Å². The van der Waals surface area contributed by atoms with E-state index in [1.54, 1.807) is 25.2 Å². The Morgan fingerprint density at radius 2 is 2.22 bits per heavy atom. The van der Waals surface area contributed by atoms with E-state index in [1.165, 1.54) is 33.1 Å². The van der Waals surface area contributed by atoms with Crippen LogP contribution in [0, 0.1) is 0 Å². The van der Waals surface area contributed by atoms with E-state index < -0.39 is 29.2 Å². The Balaban J connectivity index is 1.50. The number of β-lactam (4-membered cyclic amide) rings is 1. The first kappa shape index (κ1) is 25.4. The standard InChI is InChI=1S/C20H23N9O5S2/c1-3-7-34-25-13(11-5-4-6-12(21)22-11)16(30)23-14-17(31)29-15(19(32)33)10(8-35-18(14)29)9-36-20-24-26-27-28(20)2/h4-6,14,18H,3,7-9H2,1-2H3,(H2,21,22)(H,23,30)(H,32,33)/b25-13+. The fourth-order valence-electron chi connectivity index (χ4n) is 3.49. The van der Waals surface area contributed by atoms with Crippen LogP contribution < -0.4 is 11.1 Å². The number of amides is 2. The zero-order valence-corrected chi connectivity index (χ0v) is 21.0. The number of anilines is 1. The van der Waals surface area contributed by atoms with Gasteiger partial charge in [-0.05, 0) is 34.6 Å². The number of carbonyl (C=O) groups is 3. The van der Waals surface area contributed by atoms with Gasteiger partial charge in [0.2, 0.25) is 5.16 Å². The molecule has 2 aliphatic heterocycles. The molecule has 1 fully saturated rings. The van der Waals surface area contributed by atoms with Crippen molar-refractivity contribution in [1.82, 2.24) is 35.4 Å². The van der Waals surface area contributed by atoms with Crippen LogP contribution in [-0.4, -0.2) is 88.2 Å². The quantitative estimate of drug-likeness (QED) is 0.120. The Morgan fingerprint density at radius 3 is 2.89 bits per heavy atom. The minimum atomic E-state index is -1.22. The molecular weight excluding hydrogens is 510 g/mol. The molecule has 14 nitrogen and oxygen atoms in total. The molecule has 2 aliphatic rings. The number of oxime groups is 1. The van der Waals surface area contributed by atoms with Gasteiger partial charge in [0.15, 0.2) is 5.71 Å². The number of pyridine rings is 1. The number of aromatic nitrogens is 5. The lowest BCUT2D eigenvalue weighted by atomic mass is 10.0. The van der Waals surface area contributed by atoms with Crippen molar-refractivity contribution in [3.63, 3.8) is 0 Å². The number of fused-ring (bicyclic) bond motifs is 1. The predicted octanol–water partition coefficient (Wildman–Crippen LogP) is -0.151. The molecule has 2 amide bonds. The average Bonchev–Trinajstić information content (AvgIpc) is 3.27. The number of carboxylic acid groups (broad SMARTS) is 1. The van der Waals surface area contributed by atoms with E-state index in [0.717, 1.165) is 0 Å². The van der Waals surface area contributed by atoms with Crippen LogP contribution in [0.5, 0.6) is 0 Å². The van der Waals surface area contributed by atoms with Gasteiger partial charge in [-0.15, -0.1) is 16.9 Å². The molecule has 0 aliphatic carbocycles. The van der Waals surface area contributed by atoms with Crippen molar-refractivity contribution in [2.75, 3.05) is 23.8 Å². The molecule has 190 valence electrons. The van der Waals surface area contributed by atoms with Gasteiger partial charge < -0.3 is 21.0 Å². The van der Waals surface area contributed by atoms with Crippen molar-refractivity contribution < 1.29 is 24.3 Å². The summed E-state index contributed by atoms with van der Waals surface area (Å²) >= 11 is 2.63. The summed E-state index contributed by atoms with van der Waals surface area (Å²) in [5.41, 5.74) is 6.27. The van der Waals surface area contributed by atoms with Crippen LogP contribution in [0.4, 0.5) is 5.82 Å². The third-order valence-electron chi connectivity index (χ3n) is 5.17. The topological polar surface area (TPSA) is 191 Å². The van der Waals surface area contributed by atoms with E-state index in [2.05, 4.69) is 31.0 Å². The number of rotatable bonds is 10. The highest BCUT2D eigenvalue weighted by Gasteiger charge is 2.54. The molecule has 4 heterocycles. The Labute approximate surface area is 213 Å². The maximum Gasteiger partial charge on any atom is 0.352 e. The maximum atomic E-state index is 13.1. The first-order valence-corrected chi connectivity index (χ1v) is 12.8. The van der Waals surface area contributed by atoms with Crippen LogP contribution in [0.2, 0.25) is 0 Å². The summed E-state index contributed by atoms with van der Waals surface area (Å²) in [6.07, 6.45) is 0.676. The van der Waals surface area contributed by atoms with Gasteiger partial charge in [0.05, 0.1) is 0 Å². The number of nitrogens with zero attached hydrogens (tertiary/aromatic N) is 7. The number of nitrogen functional groups attached to an aromatic ring is 1. The minimum Gasteiger partial charge on any atom is -0.477 e. The maximum absolute atomic E-state index is 13.1. The van der Waals surface area contributed by atoms with Gasteiger partial charge in [0.25, 0.3) is 11.8 Å². The van der Waals surface area contributed by atoms with Crippen molar-refractivity contribution in [2.45, 2.75) is 29.9 Å². The second-order valence-electron chi connectivity index (χ2n) is 7.71. The average molecular weight is 534 g/mol. The van der Waals surface area contributed by atoms with Crippen molar-refractivity contribution in [2.24, 2.45) is 12.2 Å². The molecule has 0 aromatic carbocycles. The molecular formula is C20H23N9O5S2. The second-order valence-corrected chi connectivity index (χ2v) is 9.76. The lowest BCUT2D eigenvalue weighted by Crippen LogP contribution is -2.71. The van der Waals surface area contributed by atoms with Gasteiger partial charge in [-0.3, -0.25) is 14.5 Å². The number of carboxylic acids is 1. The fourth-order valence-corrected chi connectivity index (χ4v) is 5.82. The number of thioether (sulfide) groups is 2. The van der Waals surface area contributed by atoms with Crippen molar-refractivity contribution in [3.05, 3.63) is 35.2 Å². The van der Waals surface area contributed by atoms with Gasteiger partial charge >= 0.3 is 5.97 Å². The van der Waals surface area contributed by atoms with E-state index >= 15 is 0 Å². The lowest BCUT2D eigenvalue weighted by molar-refractivity contribution is -0.150. The van der Waals surface area contributed by atoms with Crippen molar-refractivity contribution >= 4 is 52.8 Å². The minimum absolute atomic E-state index is 0.0884. The zero-order valence-electron chi connectivity index (χ0n) is 19.3. The predicted molar refractivity (Wildman–Crippen MR) is 131 cm³/mol. The summed E-state index contributed by atoms with van der Waals surface area (Å²) in [6.45, 7) is 2.17. The molecule has 2 aromatic rings. The molecule has 0 bridgehead atoms. The second kappa shape index (κ2) is 10.9. The first-order chi connectivity index (χ1) is 17.3. The molecule has 0 radical (unpaired) electrons. The number of aryl methyl sites for hydroxylation is 1. The van der Waals surface area contributed by atoms with Crippen LogP contribution in [0.1, 0.15) is 19.0 Å². The molecule has 0 saturated carbocycles. The van der Waals surface area contributed by atoms with Gasteiger partial charge in [-0.2, -0.15) is 0 Å². The number of tetrazole rings is 1. The van der Waals surface area contributed by atoms with E-state index in [-0.39, 0.29) is 29.5 Å². The smallest absolute Gasteiger partial charge is 0.352 e. The summed E-state index contributed by atoms with van der Waals surface area (Å²) in [4.78, 5) is 48.7. The van der Waals surface area contributed by atoms with Crippen LogP contribution in [0.15, 0.2) is 39.8 Å². The molecule has 16 heteroatoms. The van der Waals surface area contributed by atoms with Gasteiger partial charge in [0.1, 0.15) is 35.2 Å². The first-order valence-electron chi connectivity index (χ1n) is 10.8. The number of aliphatic carboxylic acids is 1. The van der Waals surface area contributed by atoms with Crippen LogP contribution in [0.3, 0.4) is 0 Å². The van der Waals surface area contributed by atoms with Crippen molar-refractivity contribution in [3.8, 4) is 0 Å². The monoisotopic (exact) mass is 533 g/mol. The van der Waals surface area contributed by atoms with E-state index in [0.29, 0.717) is 28.7 Å². The summed E-state index contributed by atoms with van der Waals surface area (Å²) in [7, 11) is 1.68. The summed E-state index contributed by atoms with van der Waals surface area (Å²) in [6, 6.07) is 3.80. The molecule has 36 heavy (non-hydrogen) atoms. The van der Waals surface area contributed by atoms with Crippen molar-refractivity contribution in [1.29, 1.82) is 0 Å². The molecule has 2 unspecified atom stereocenters. The highest BCUT2D eigenvalue weighted by Crippen LogP contribution is 2.41. The number of hydrogen-bond acceptors (Lipinski definition) is 12. The van der Waals surface area contributed by atoms with Crippen LogP contribution >= 0.6 is 23.5 Å². The number of nitrogens with one attached hydrogen (secondary N) is 1. The number of nitrogens with two attached hydrogens (primary N) is 1. The van der Waals surface area contributed by atoms with E-state index in [4.69, 9.17) is 10.6 Å². The number of carbonyl (C=O) groups excluding carboxylic acids is 2. The molecule has 0 spiro atoms. The third-order valence-corrected chi connectivity index (χ3v) is 7.61. The molecule has 1 saturated heterocycles.